The van der Waals surface area contributed by atoms with E-state index in [4.69, 9.17) is 10.8 Å². The molecule has 0 aliphatic heterocycles. The van der Waals surface area contributed by atoms with E-state index in [1.165, 1.54) is 0 Å². The monoisotopic (exact) mass is 259 g/mol. The lowest BCUT2D eigenvalue weighted by Crippen LogP contribution is -2.26. The molecule has 0 spiro atoms. The number of nitrogens with two attached hydrogens (primary N) is 1. The van der Waals surface area contributed by atoms with Crippen LogP contribution in [0.2, 0.25) is 0 Å². The molecule has 0 radical (unpaired) electrons. The molecule has 0 saturated carbocycles. The molecule has 0 heterocycles. The summed E-state index contributed by atoms with van der Waals surface area (Å²) in [5.41, 5.74) is 6.34. The summed E-state index contributed by atoms with van der Waals surface area (Å²) in [7, 11) is 0. The third kappa shape index (κ3) is 3.38. The van der Waals surface area contributed by atoms with Crippen LogP contribution in [0.3, 0.4) is 0 Å². The first-order chi connectivity index (χ1) is 6.63. The Morgan fingerprint density at radius 3 is 2.36 bits per heavy atom. The van der Waals surface area contributed by atoms with Crippen LogP contribution in [0, 0.1) is 0 Å². The fraction of sp³-hybridized carbons (Fsp3) is 0.400. The van der Waals surface area contributed by atoms with Gasteiger partial charge < -0.3 is 15.9 Å². The standard InChI is InChI=1S/C10H14BrNO2/c11-8-3-1-7(2-4-8)10(14)5-9(12)6-13/h1-4,9-10,13-14H,5-6,12H2. The van der Waals surface area contributed by atoms with Crippen LogP contribution in [0.5, 0.6) is 0 Å². The quantitative estimate of drug-likeness (QED) is 0.761. The molecule has 0 aliphatic carbocycles. The van der Waals surface area contributed by atoms with E-state index in [0.717, 1.165) is 10.0 Å². The number of benzene rings is 1. The molecule has 0 aliphatic rings. The second-order valence-corrected chi connectivity index (χ2v) is 4.16. The minimum Gasteiger partial charge on any atom is -0.395 e. The van der Waals surface area contributed by atoms with Gasteiger partial charge in [0, 0.05) is 10.5 Å². The van der Waals surface area contributed by atoms with Crippen molar-refractivity contribution in [2.45, 2.75) is 18.6 Å². The van der Waals surface area contributed by atoms with Crippen LogP contribution in [0.15, 0.2) is 28.7 Å². The number of aliphatic hydroxyl groups excluding tert-OH is 2. The van der Waals surface area contributed by atoms with Crippen LogP contribution >= 0.6 is 15.9 Å². The summed E-state index contributed by atoms with van der Waals surface area (Å²) in [5.74, 6) is 0. The van der Waals surface area contributed by atoms with Gasteiger partial charge in [0.15, 0.2) is 0 Å². The summed E-state index contributed by atoms with van der Waals surface area (Å²) < 4.78 is 0.972. The Balaban J connectivity index is 2.60. The molecule has 0 amide bonds. The number of hydrogen-bond donors (Lipinski definition) is 3. The summed E-state index contributed by atoms with van der Waals surface area (Å²) in [6.07, 6.45) is -0.233. The van der Waals surface area contributed by atoms with Crippen LogP contribution < -0.4 is 5.73 Å². The lowest BCUT2D eigenvalue weighted by molar-refractivity contribution is 0.140. The van der Waals surface area contributed by atoms with Crippen molar-refractivity contribution in [3.05, 3.63) is 34.3 Å². The summed E-state index contributed by atoms with van der Waals surface area (Å²) in [6.45, 7) is -0.104. The van der Waals surface area contributed by atoms with Crippen molar-refractivity contribution in [2.75, 3.05) is 6.61 Å². The number of aliphatic hydroxyl groups is 2. The zero-order valence-corrected chi connectivity index (χ0v) is 9.31. The molecule has 78 valence electrons. The van der Waals surface area contributed by atoms with Crippen LogP contribution in [0.1, 0.15) is 18.1 Å². The molecule has 1 rings (SSSR count). The number of hydrogen-bond acceptors (Lipinski definition) is 3. The van der Waals surface area contributed by atoms with Gasteiger partial charge in [-0.15, -0.1) is 0 Å². The van der Waals surface area contributed by atoms with Gasteiger partial charge in [-0.3, -0.25) is 0 Å². The molecule has 1 aromatic rings. The van der Waals surface area contributed by atoms with E-state index in [0.29, 0.717) is 6.42 Å². The first-order valence-corrected chi connectivity index (χ1v) is 5.22. The highest BCUT2D eigenvalue weighted by atomic mass is 79.9. The second-order valence-electron chi connectivity index (χ2n) is 3.25. The summed E-state index contributed by atoms with van der Waals surface area (Å²) in [4.78, 5) is 0. The Hall–Kier alpha value is -0.420. The molecule has 0 saturated heterocycles. The Morgan fingerprint density at radius 2 is 1.86 bits per heavy atom. The molecule has 4 N–H and O–H groups in total. The predicted molar refractivity (Wildman–Crippen MR) is 58.8 cm³/mol. The van der Waals surface area contributed by atoms with Gasteiger partial charge in [0.1, 0.15) is 0 Å². The average molecular weight is 260 g/mol. The van der Waals surface area contributed by atoms with Crippen molar-refractivity contribution in [3.8, 4) is 0 Å². The van der Waals surface area contributed by atoms with Crippen molar-refractivity contribution >= 4 is 15.9 Å². The zero-order chi connectivity index (χ0) is 10.6. The van der Waals surface area contributed by atoms with Crippen molar-refractivity contribution in [2.24, 2.45) is 5.73 Å². The summed E-state index contributed by atoms with van der Waals surface area (Å²) >= 11 is 3.31. The van der Waals surface area contributed by atoms with E-state index in [2.05, 4.69) is 15.9 Å². The van der Waals surface area contributed by atoms with Gasteiger partial charge >= 0.3 is 0 Å². The molecule has 4 heteroatoms. The van der Waals surface area contributed by atoms with Crippen LogP contribution in [-0.4, -0.2) is 22.9 Å². The predicted octanol–water partition coefficient (Wildman–Crippen LogP) is 1.19. The Kier molecular flexibility index (Phi) is 4.54. The zero-order valence-electron chi connectivity index (χ0n) is 7.73. The van der Waals surface area contributed by atoms with Crippen molar-refractivity contribution in [1.29, 1.82) is 0 Å². The van der Waals surface area contributed by atoms with Gasteiger partial charge in [-0.05, 0) is 24.1 Å². The SMILES string of the molecule is NC(CO)CC(O)c1ccc(Br)cc1. The van der Waals surface area contributed by atoms with Gasteiger partial charge in [0.2, 0.25) is 0 Å². The minimum absolute atomic E-state index is 0.104. The fourth-order valence-electron chi connectivity index (χ4n) is 1.18. The van der Waals surface area contributed by atoms with Crippen LogP contribution in [0.4, 0.5) is 0 Å². The molecule has 0 bridgehead atoms. The smallest absolute Gasteiger partial charge is 0.0805 e. The van der Waals surface area contributed by atoms with Crippen LogP contribution in [0.25, 0.3) is 0 Å². The highest BCUT2D eigenvalue weighted by molar-refractivity contribution is 9.10. The molecule has 0 aromatic heterocycles. The van der Waals surface area contributed by atoms with Gasteiger partial charge in [0.25, 0.3) is 0 Å². The Morgan fingerprint density at radius 1 is 1.29 bits per heavy atom. The molecule has 2 unspecified atom stereocenters. The first kappa shape index (κ1) is 11.7. The molecule has 0 fully saturated rings. The number of halogens is 1. The van der Waals surface area contributed by atoms with E-state index in [-0.39, 0.29) is 12.6 Å². The third-order valence-electron chi connectivity index (χ3n) is 2.02. The maximum absolute atomic E-state index is 9.71. The third-order valence-corrected chi connectivity index (χ3v) is 2.54. The second kappa shape index (κ2) is 5.46. The van der Waals surface area contributed by atoms with Crippen molar-refractivity contribution < 1.29 is 10.2 Å². The maximum Gasteiger partial charge on any atom is 0.0805 e. The highest BCUT2D eigenvalue weighted by Gasteiger charge is 2.11. The van der Waals surface area contributed by atoms with E-state index in [9.17, 15) is 5.11 Å². The number of rotatable bonds is 4. The highest BCUT2D eigenvalue weighted by Crippen LogP contribution is 2.19. The van der Waals surface area contributed by atoms with E-state index in [1.54, 1.807) is 0 Å². The topological polar surface area (TPSA) is 66.5 Å². The van der Waals surface area contributed by atoms with E-state index >= 15 is 0 Å². The normalized spacial score (nSPS) is 15.1. The Bertz CT molecular complexity index is 276. The first-order valence-electron chi connectivity index (χ1n) is 4.43. The van der Waals surface area contributed by atoms with E-state index in [1.807, 2.05) is 24.3 Å². The maximum atomic E-state index is 9.71. The van der Waals surface area contributed by atoms with Crippen molar-refractivity contribution in [3.63, 3.8) is 0 Å². The summed E-state index contributed by atoms with van der Waals surface area (Å²) in [5, 5.41) is 18.4. The van der Waals surface area contributed by atoms with Gasteiger partial charge in [-0.1, -0.05) is 28.1 Å². The van der Waals surface area contributed by atoms with Gasteiger partial charge in [0.05, 0.1) is 12.7 Å². The fourth-order valence-corrected chi connectivity index (χ4v) is 1.45. The Labute approximate surface area is 91.7 Å². The largest absolute Gasteiger partial charge is 0.395 e. The minimum atomic E-state index is -0.606. The molecule has 14 heavy (non-hydrogen) atoms. The van der Waals surface area contributed by atoms with E-state index < -0.39 is 6.10 Å². The molecular formula is C10H14BrNO2. The average Bonchev–Trinajstić information content (AvgIpc) is 2.18. The molecular weight excluding hydrogens is 246 g/mol. The summed E-state index contributed by atoms with van der Waals surface area (Å²) in [6, 6.07) is 7.03. The lowest BCUT2D eigenvalue weighted by atomic mass is 10.0. The van der Waals surface area contributed by atoms with Gasteiger partial charge in [-0.2, -0.15) is 0 Å². The van der Waals surface area contributed by atoms with Gasteiger partial charge in [-0.25, -0.2) is 0 Å². The lowest BCUT2D eigenvalue weighted by Gasteiger charge is -2.14. The molecule has 2 atom stereocenters. The molecule has 1 aromatic carbocycles. The van der Waals surface area contributed by atoms with Crippen molar-refractivity contribution in [1.82, 2.24) is 0 Å². The molecule has 3 nitrogen and oxygen atoms in total. The van der Waals surface area contributed by atoms with Crippen LogP contribution in [-0.2, 0) is 0 Å².